The topological polar surface area (TPSA) is 20.3 Å². The highest BCUT2D eigenvalue weighted by Crippen LogP contribution is 2.25. The first-order valence-electron chi connectivity index (χ1n) is 7.44. The minimum absolute atomic E-state index is 0.214. The lowest BCUT2D eigenvalue weighted by molar-refractivity contribution is -0.127. The Bertz CT molecular complexity index is 515. The van der Waals surface area contributed by atoms with Crippen molar-refractivity contribution in [1.29, 1.82) is 0 Å². The lowest BCUT2D eigenvalue weighted by atomic mass is 10.1. The first-order chi connectivity index (χ1) is 10.2. The maximum Gasteiger partial charge on any atom is 0.237 e. The van der Waals surface area contributed by atoms with Crippen LogP contribution in [0, 0.1) is 0 Å². The highest BCUT2D eigenvalue weighted by atomic mass is 79.9. The largest absolute Gasteiger partial charge is 0.311 e. The molecule has 0 bridgehead atoms. The van der Waals surface area contributed by atoms with Gasteiger partial charge in [0, 0.05) is 10.2 Å². The van der Waals surface area contributed by atoms with Gasteiger partial charge in [-0.05, 0) is 43.6 Å². The van der Waals surface area contributed by atoms with Crippen molar-refractivity contribution in [3.8, 4) is 0 Å². The minimum Gasteiger partial charge on any atom is -0.311 e. The third-order valence-corrected chi connectivity index (χ3v) is 5.03. The molecular formula is C17H22BrNOS. The van der Waals surface area contributed by atoms with Gasteiger partial charge in [-0.1, -0.05) is 46.6 Å². The number of nitrogens with zero attached hydrogens (tertiary/aromatic N) is 1. The van der Waals surface area contributed by atoms with Crippen LogP contribution in [0.15, 0.2) is 40.5 Å². The summed E-state index contributed by atoms with van der Waals surface area (Å²) in [6.45, 7) is 0.659. The van der Waals surface area contributed by atoms with Crippen LogP contribution in [0.5, 0.6) is 0 Å². The number of carbonyl (C=O) groups excluding carboxylic acids is 1. The molecule has 1 aromatic carbocycles. The van der Waals surface area contributed by atoms with E-state index in [-0.39, 0.29) is 5.91 Å². The van der Waals surface area contributed by atoms with E-state index >= 15 is 0 Å². The van der Waals surface area contributed by atoms with Gasteiger partial charge in [0.25, 0.3) is 0 Å². The van der Waals surface area contributed by atoms with Crippen LogP contribution >= 0.6 is 27.7 Å². The van der Waals surface area contributed by atoms with Crippen molar-refractivity contribution in [3.63, 3.8) is 0 Å². The van der Waals surface area contributed by atoms with Crippen LogP contribution in [-0.4, -0.2) is 22.8 Å². The first kappa shape index (κ1) is 16.6. The van der Waals surface area contributed by atoms with Gasteiger partial charge in [-0.2, -0.15) is 11.8 Å². The second kappa shape index (κ2) is 8.64. The number of benzene rings is 1. The van der Waals surface area contributed by atoms with Crippen molar-refractivity contribution >= 4 is 33.6 Å². The molecule has 0 aromatic heterocycles. The van der Waals surface area contributed by atoms with Crippen molar-refractivity contribution in [2.45, 2.75) is 38.6 Å². The molecule has 4 heteroatoms. The molecule has 0 fully saturated rings. The van der Waals surface area contributed by atoms with Crippen LogP contribution in [0.4, 0.5) is 0 Å². The van der Waals surface area contributed by atoms with E-state index in [1.165, 1.54) is 25.0 Å². The smallest absolute Gasteiger partial charge is 0.237 e. The maximum absolute atomic E-state index is 12.5. The molecule has 114 valence electrons. The SMILES string of the molecule is CSCC(=O)N(Cc1ccccc1Br)C1=CCCCCC1. The fourth-order valence-electron chi connectivity index (χ4n) is 2.59. The predicted octanol–water partition coefficient (Wildman–Crippen LogP) is 4.99. The van der Waals surface area contributed by atoms with E-state index in [0.717, 1.165) is 22.9 Å². The molecule has 0 saturated heterocycles. The number of rotatable bonds is 5. The summed E-state index contributed by atoms with van der Waals surface area (Å²) in [5.41, 5.74) is 2.37. The van der Waals surface area contributed by atoms with E-state index in [1.54, 1.807) is 11.8 Å². The number of hydrogen-bond acceptors (Lipinski definition) is 2. The fraction of sp³-hybridized carbons (Fsp3) is 0.471. The van der Waals surface area contributed by atoms with Crippen LogP contribution < -0.4 is 0 Å². The zero-order chi connectivity index (χ0) is 15.1. The average molecular weight is 368 g/mol. The molecular weight excluding hydrogens is 346 g/mol. The second-order valence-electron chi connectivity index (χ2n) is 5.30. The van der Waals surface area contributed by atoms with E-state index in [4.69, 9.17) is 0 Å². The summed E-state index contributed by atoms with van der Waals surface area (Å²) in [6, 6.07) is 8.15. The van der Waals surface area contributed by atoms with Crippen molar-refractivity contribution in [1.82, 2.24) is 4.90 Å². The number of carbonyl (C=O) groups is 1. The normalized spacial score (nSPS) is 15.2. The molecule has 2 nitrogen and oxygen atoms in total. The van der Waals surface area contributed by atoms with Crippen LogP contribution in [0.3, 0.4) is 0 Å². The lowest BCUT2D eigenvalue weighted by Crippen LogP contribution is -2.31. The van der Waals surface area contributed by atoms with E-state index in [0.29, 0.717) is 12.3 Å². The maximum atomic E-state index is 12.5. The Hall–Kier alpha value is -0.740. The summed E-state index contributed by atoms with van der Waals surface area (Å²) in [6.07, 6.45) is 10.0. The summed E-state index contributed by atoms with van der Waals surface area (Å²) in [5.74, 6) is 0.758. The van der Waals surface area contributed by atoms with Gasteiger partial charge >= 0.3 is 0 Å². The number of halogens is 1. The Morgan fingerprint density at radius 3 is 2.86 bits per heavy atom. The molecule has 1 amide bonds. The second-order valence-corrected chi connectivity index (χ2v) is 7.02. The number of hydrogen-bond donors (Lipinski definition) is 0. The molecule has 0 atom stereocenters. The van der Waals surface area contributed by atoms with Gasteiger partial charge in [0.15, 0.2) is 0 Å². The van der Waals surface area contributed by atoms with Crippen molar-refractivity contribution in [2.75, 3.05) is 12.0 Å². The highest BCUT2D eigenvalue weighted by molar-refractivity contribution is 9.10. The van der Waals surface area contributed by atoms with E-state index in [1.807, 2.05) is 29.4 Å². The molecule has 0 aliphatic heterocycles. The van der Waals surface area contributed by atoms with Crippen LogP contribution in [-0.2, 0) is 11.3 Å². The van der Waals surface area contributed by atoms with Crippen LogP contribution in [0.2, 0.25) is 0 Å². The third-order valence-electron chi connectivity index (χ3n) is 3.72. The van der Waals surface area contributed by atoms with Gasteiger partial charge in [0.05, 0.1) is 12.3 Å². The summed E-state index contributed by atoms with van der Waals surface area (Å²) in [7, 11) is 0. The Morgan fingerprint density at radius 1 is 1.29 bits per heavy atom. The zero-order valence-electron chi connectivity index (χ0n) is 12.5. The zero-order valence-corrected chi connectivity index (χ0v) is 14.9. The van der Waals surface area contributed by atoms with E-state index in [9.17, 15) is 4.79 Å². The highest BCUT2D eigenvalue weighted by Gasteiger charge is 2.19. The predicted molar refractivity (Wildman–Crippen MR) is 94.2 cm³/mol. The monoisotopic (exact) mass is 367 g/mol. The Balaban J connectivity index is 2.21. The summed E-state index contributed by atoms with van der Waals surface area (Å²) >= 11 is 5.18. The Morgan fingerprint density at radius 2 is 2.10 bits per heavy atom. The molecule has 2 rings (SSSR count). The molecule has 0 spiro atoms. The minimum atomic E-state index is 0.214. The average Bonchev–Trinajstić information content (AvgIpc) is 2.75. The van der Waals surface area contributed by atoms with Gasteiger partial charge in [0.2, 0.25) is 5.91 Å². The molecule has 1 aromatic rings. The van der Waals surface area contributed by atoms with Crippen LogP contribution in [0.25, 0.3) is 0 Å². The number of thioether (sulfide) groups is 1. The first-order valence-corrected chi connectivity index (χ1v) is 9.63. The van der Waals surface area contributed by atoms with E-state index in [2.05, 4.69) is 28.1 Å². The van der Waals surface area contributed by atoms with Gasteiger partial charge in [0.1, 0.15) is 0 Å². The summed E-state index contributed by atoms with van der Waals surface area (Å²) in [4.78, 5) is 14.5. The van der Waals surface area contributed by atoms with Gasteiger partial charge in [-0.15, -0.1) is 0 Å². The molecule has 0 radical (unpaired) electrons. The molecule has 0 N–H and O–H groups in total. The summed E-state index contributed by atoms with van der Waals surface area (Å²) < 4.78 is 1.07. The molecule has 1 aliphatic carbocycles. The third kappa shape index (κ3) is 4.89. The molecule has 21 heavy (non-hydrogen) atoms. The molecule has 0 heterocycles. The van der Waals surface area contributed by atoms with Crippen molar-refractivity contribution < 1.29 is 4.79 Å². The van der Waals surface area contributed by atoms with Gasteiger partial charge in [-0.25, -0.2) is 0 Å². The molecule has 1 aliphatic rings. The van der Waals surface area contributed by atoms with E-state index < -0.39 is 0 Å². The van der Waals surface area contributed by atoms with Crippen molar-refractivity contribution in [2.24, 2.45) is 0 Å². The number of amides is 1. The van der Waals surface area contributed by atoms with Gasteiger partial charge in [-0.3, -0.25) is 4.79 Å². The Kier molecular flexibility index (Phi) is 6.84. The van der Waals surface area contributed by atoms with Gasteiger partial charge < -0.3 is 4.90 Å². The summed E-state index contributed by atoms with van der Waals surface area (Å²) in [5, 5.41) is 0. The van der Waals surface area contributed by atoms with Crippen LogP contribution in [0.1, 0.15) is 37.7 Å². The quantitative estimate of drug-likeness (QED) is 0.730. The fourth-order valence-corrected chi connectivity index (χ4v) is 3.40. The number of allylic oxidation sites excluding steroid dienone is 2. The Labute approximate surface area is 140 Å². The lowest BCUT2D eigenvalue weighted by Gasteiger charge is -2.26. The molecule has 0 saturated carbocycles. The molecule has 0 unspecified atom stereocenters. The standard InChI is InChI=1S/C17H22BrNOS/c1-21-13-17(20)19(15-9-4-2-3-5-10-15)12-14-8-6-7-11-16(14)18/h6-9,11H,2-5,10,12-13H2,1H3. The van der Waals surface area contributed by atoms with Crippen molar-refractivity contribution in [3.05, 3.63) is 46.1 Å².